The lowest BCUT2D eigenvalue weighted by atomic mass is 10.0. The molecule has 1 aliphatic rings. The van der Waals surface area contributed by atoms with E-state index in [9.17, 15) is 0 Å². The second-order valence-corrected chi connectivity index (χ2v) is 5.77. The van der Waals surface area contributed by atoms with Crippen LogP contribution in [-0.4, -0.2) is 21.4 Å². The minimum Gasteiger partial charge on any atom is -0.494 e. The van der Waals surface area contributed by atoms with Crippen molar-refractivity contribution in [3.63, 3.8) is 0 Å². The molecule has 0 unspecified atom stereocenters. The molecule has 0 atom stereocenters. The van der Waals surface area contributed by atoms with Crippen LogP contribution >= 0.6 is 0 Å². The molecule has 4 nitrogen and oxygen atoms in total. The Hall–Kier alpha value is -2.62. The second kappa shape index (κ2) is 5.88. The lowest BCUT2D eigenvalue weighted by Crippen LogP contribution is -2.11. The number of fused-ring (bicyclic) bond motifs is 3. The second-order valence-electron chi connectivity index (χ2n) is 5.77. The number of aryl methyl sites for hydroxylation is 2. The summed E-state index contributed by atoms with van der Waals surface area (Å²) in [6, 6.07) is 16.5. The first kappa shape index (κ1) is 14.0. The van der Waals surface area contributed by atoms with Crippen LogP contribution in [0.3, 0.4) is 0 Å². The van der Waals surface area contributed by atoms with E-state index in [1.807, 2.05) is 28.9 Å². The van der Waals surface area contributed by atoms with Crippen LogP contribution in [0.25, 0.3) is 22.8 Å². The van der Waals surface area contributed by atoms with Gasteiger partial charge < -0.3 is 4.74 Å². The van der Waals surface area contributed by atoms with Gasteiger partial charge in [0.05, 0.1) is 6.61 Å². The summed E-state index contributed by atoms with van der Waals surface area (Å²) in [6.07, 6.45) is 2.00. The summed E-state index contributed by atoms with van der Waals surface area (Å²) >= 11 is 0. The van der Waals surface area contributed by atoms with E-state index in [2.05, 4.69) is 31.2 Å². The zero-order chi connectivity index (χ0) is 15.6. The van der Waals surface area contributed by atoms with Gasteiger partial charge in [0.1, 0.15) is 5.75 Å². The van der Waals surface area contributed by atoms with Gasteiger partial charge >= 0.3 is 0 Å². The zero-order valence-corrected chi connectivity index (χ0v) is 13.2. The molecule has 3 aromatic rings. The molecule has 4 rings (SSSR count). The molecule has 0 saturated heterocycles. The van der Waals surface area contributed by atoms with Gasteiger partial charge in [-0.25, -0.2) is 9.67 Å². The molecule has 0 aliphatic carbocycles. The van der Waals surface area contributed by atoms with Crippen LogP contribution < -0.4 is 4.74 Å². The first-order valence-corrected chi connectivity index (χ1v) is 8.11. The molecule has 1 aromatic heterocycles. The number of hydrogen-bond donors (Lipinski definition) is 0. The molecule has 0 N–H and O–H groups in total. The lowest BCUT2D eigenvalue weighted by Gasteiger charge is -2.15. The van der Waals surface area contributed by atoms with E-state index in [4.69, 9.17) is 14.8 Å². The van der Waals surface area contributed by atoms with Gasteiger partial charge in [-0.15, -0.1) is 0 Å². The number of ether oxygens (including phenoxy) is 1. The predicted octanol–water partition coefficient (Wildman–Crippen LogP) is 3.96. The molecule has 0 amide bonds. The molecule has 0 spiro atoms. The van der Waals surface area contributed by atoms with Crippen LogP contribution in [0.1, 0.15) is 18.9 Å². The average molecular weight is 305 g/mol. The third-order valence-electron chi connectivity index (χ3n) is 4.09. The third kappa shape index (κ3) is 2.61. The summed E-state index contributed by atoms with van der Waals surface area (Å²) in [5.41, 5.74) is 3.54. The van der Waals surface area contributed by atoms with E-state index in [0.29, 0.717) is 0 Å². The molecule has 0 fully saturated rings. The Bertz CT molecular complexity index is 838. The summed E-state index contributed by atoms with van der Waals surface area (Å²) in [6.45, 7) is 3.71. The molecule has 1 aliphatic heterocycles. The van der Waals surface area contributed by atoms with Crippen LogP contribution in [0, 0.1) is 0 Å². The van der Waals surface area contributed by atoms with Gasteiger partial charge in [0.2, 0.25) is 0 Å². The Morgan fingerprint density at radius 2 is 2.04 bits per heavy atom. The minimum absolute atomic E-state index is 0.726. The zero-order valence-electron chi connectivity index (χ0n) is 13.2. The van der Waals surface area contributed by atoms with Crippen LogP contribution in [0.4, 0.5) is 0 Å². The lowest BCUT2D eigenvalue weighted by molar-refractivity contribution is 0.317. The fourth-order valence-corrected chi connectivity index (χ4v) is 2.95. The molecule has 0 bridgehead atoms. The van der Waals surface area contributed by atoms with Crippen LogP contribution in [0.15, 0.2) is 48.5 Å². The number of hydrogen-bond acceptors (Lipinski definition) is 3. The maximum Gasteiger partial charge on any atom is 0.181 e. The van der Waals surface area contributed by atoms with E-state index in [1.54, 1.807) is 0 Å². The number of nitrogens with zero attached hydrogens (tertiary/aromatic N) is 3. The van der Waals surface area contributed by atoms with Crippen molar-refractivity contribution in [1.29, 1.82) is 0 Å². The SMILES string of the molecule is CCCOc1cccc(-c2nc3n(n2)CCc2ccccc2-3)c1. The average Bonchev–Trinajstić information content (AvgIpc) is 3.05. The molecule has 0 radical (unpaired) electrons. The topological polar surface area (TPSA) is 39.9 Å². The Labute approximate surface area is 135 Å². The summed E-state index contributed by atoms with van der Waals surface area (Å²) < 4.78 is 7.72. The number of benzene rings is 2. The highest BCUT2D eigenvalue weighted by molar-refractivity contribution is 5.66. The number of rotatable bonds is 4. The third-order valence-corrected chi connectivity index (χ3v) is 4.09. The molecule has 2 heterocycles. The Kier molecular flexibility index (Phi) is 3.58. The van der Waals surface area contributed by atoms with Crippen molar-refractivity contribution in [2.45, 2.75) is 26.3 Å². The maximum absolute atomic E-state index is 5.71. The van der Waals surface area contributed by atoms with E-state index in [-0.39, 0.29) is 0 Å². The van der Waals surface area contributed by atoms with E-state index < -0.39 is 0 Å². The van der Waals surface area contributed by atoms with Gasteiger partial charge in [0, 0.05) is 17.7 Å². The summed E-state index contributed by atoms with van der Waals surface area (Å²) in [4.78, 5) is 4.78. The molecular formula is C19H19N3O. The van der Waals surface area contributed by atoms with Crippen LogP contribution in [0.5, 0.6) is 5.75 Å². The first-order valence-electron chi connectivity index (χ1n) is 8.11. The molecule has 4 heteroatoms. The quantitative estimate of drug-likeness (QED) is 0.732. The smallest absolute Gasteiger partial charge is 0.181 e. The van der Waals surface area contributed by atoms with Crippen molar-refractivity contribution in [3.8, 4) is 28.5 Å². The molecule has 23 heavy (non-hydrogen) atoms. The van der Waals surface area contributed by atoms with Gasteiger partial charge in [-0.3, -0.25) is 0 Å². The minimum atomic E-state index is 0.726. The van der Waals surface area contributed by atoms with E-state index in [0.717, 1.165) is 49.0 Å². The van der Waals surface area contributed by atoms with Gasteiger partial charge in [0.15, 0.2) is 11.6 Å². The largest absolute Gasteiger partial charge is 0.494 e. The van der Waals surface area contributed by atoms with Gasteiger partial charge in [-0.1, -0.05) is 43.3 Å². The van der Waals surface area contributed by atoms with Crippen LogP contribution in [0.2, 0.25) is 0 Å². The van der Waals surface area contributed by atoms with E-state index in [1.165, 1.54) is 11.1 Å². The fourth-order valence-electron chi connectivity index (χ4n) is 2.95. The van der Waals surface area contributed by atoms with Crippen molar-refractivity contribution in [3.05, 3.63) is 54.1 Å². The highest BCUT2D eigenvalue weighted by Crippen LogP contribution is 2.30. The Morgan fingerprint density at radius 1 is 1.13 bits per heavy atom. The summed E-state index contributed by atoms with van der Waals surface area (Å²) in [7, 11) is 0. The van der Waals surface area contributed by atoms with Crippen molar-refractivity contribution in [2.75, 3.05) is 6.61 Å². The van der Waals surface area contributed by atoms with Gasteiger partial charge in [-0.2, -0.15) is 5.10 Å². The van der Waals surface area contributed by atoms with Gasteiger partial charge in [0.25, 0.3) is 0 Å². The summed E-state index contributed by atoms with van der Waals surface area (Å²) in [5, 5.41) is 4.69. The van der Waals surface area contributed by atoms with Crippen molar-refractivity contribution in [1.82, 2.24) is 14.8 Å². The molecule has 116 valence electrons. The van der Waals surface area contributed by atoms with Crippen molar-refractivity contribution < 1.29 is 4.74 Å². The monoisotopic (exact) mass is 305 g/mol. The maximum atomic E-state index is 5.71. The Balaban J connectivity index is 1.71. The van der Waals surface area contributed by atoms with Crippen LogP contribution in [-0.2, 0) is 13.0 Å². The molecule has 2 aromatic carbocycles. The summed E-state index contributed by atoms with van der Waals surface area (Å²) in [5.74, 6) is 2.60. The molecular weight excluding hydrogens is 286 g/mol. The van der Waals surface area contributed by atoms with Crippen molar-refractivity contribution >= 4 is 0 Å². The highest BCUT2D eigenvalue weighted by Gasteiger charge is 2.20. The first-order chi connectivity index (χ1) is 11.3. The van der Waals surface area contributed by atoms with Gasteiger partial charge in [-0.05, 0) is 30.5 Å². The predicted molar refractivity (Wildman–Crippen MR) is 90.4 cm³/mol. The normalized spacial score (nSPS) is 12.6. The van der Waals surface area contributed by atoms with E-state index >= 15 is 0 Å². The Morgan fingerprint density at radius 3 is 2.96 bits per heavy atom. The standard InChI is InChI=1S/C19H19N3O/c1-2-12-23-16-8-5-7-15(13-16)18-20-19-17-9-4-3-6-14(17)10-11-22(19)21-18/h3-9,13H,2,10-12H2,1H3. The fraction of sp³-hybridized carbons (Fsp3) is 0.263. The van der Waals surface area contributed by atoms with Crippen molar-refractivity contribution in [2.24, 2.45) is 0 Å². The number of aromatic nitrogens is 3. The molecule has 0 saturated carbocycles. The highest BCUT2D eigenvalue weighted by atomic mass is 16.5.